The molecule has 1 aromatic carbocycles. The number of hydrogen-bond acceptors (Lipinski definition) is 1. The predicted molar refractivity (Wildman–Crippen MR) is 79.2 cm³/mol. The van der Waals surface area contributed by atoms with E-state index in [1.54, 1.807) is 0 Å². The van der Waals surface area contributed by atoms with Crippen LogP contribution in [0.15, 0.2) is 30.3 Å². The molecule has 0 amide bonds. The Balaban J connectivity index is 2.91. The van der Waals surface area contributed by atoms with Crippen LogP contribution in [0.2, 0.25) is 0 Å². The Labute approximate surface area is 116 Å². The summed E-state index contributed by atoms with van der Waals surface area (Å²) in [6.07, 6.45) is 2.08. The number of aliphatic carboxylic acids is 1. The fourth-order valence-electron chi connectivity index (χ4n) is 2.54. The van der Waals surface area contributed by atoms with Gasteiger partial charge in [-0.1, -0.05) is 64.4 Å². The van der Waals surface area contributed by atoms with Crippen LogP contribution in [0, 0.1) is 17.8 Å². The number of rotatable bonds is 7. The SMILES string of the molecule is CCC(C)C(C)CC(c1ccccc1)C(C)C(=O)O. The second-order valence-electron chi connectivity index (χ2n) is 5.74. The van der Waals surface area contributed by atoms with E-state index in [2.05, 4.69) is 20.8 Å². The second-order valence-corrected chi connectivity index (χ2v) is 5.74. The van der Waals surface area contributed by atoms with Gasteiger partial charge in [-0.25, -0.2) is 0 Å². The molecule has 0 saturated heterocycles. The van der Waals surface area contributed by atoms with Crippen LogP contribution < -0.4 is 0 Å². The first kappa shape index (κ1) is 15.7. The molecule has 0 aliphatic heterocycles. The van der Waals surface area contributed by atoms with Crippen molar-refractivity contribution in [3.63, 3.8) is 0 Å². The van der Waals surface area contributed by atoms with Gasteiger partial charge in [-0.15, -0.1) is 0 Å². The van der Waals surface area contributed by atoms with Crippen molar-refractivity contribution in [2.45, 2.75) is 46.5 Å². The van der Waals surface area contributed by atoms with E-state index in [4.69, 9.17) is 0 Å². The van der Waals surface area contributed by atoms with Gasteiger partial charge in [0.1, 0.15) is 0 Å². The van der Waals surface area contributed by atoms with Gasteiger partial charge in [0.2, 0.25) is 0 Å². The van der Waals surface area contributed by atoms with Crippen LogP contribution >= 0.6 is 0 Å². The van der Waals surface area contributed by atoms with Gasteiger partial charge in [0, 0.05) is 0 Å². The molecule has 0 aliphatic carbocycles. The molecule has 0 radical (unpaired) electrons. The highest BCUT2D eigenvalue weighted by Gasteiger charge is 2.27. The first-order chi connectivity index (χ1) is 8.97. The monoisotopic (exact) mass is 262 g/mol. The molecule has 2 nitrogen and oxygen atoms in total. The van der Waals surface area contributed by atoms with Crippen LogP contribution in [0.3, 0.4) is 0 Å². The summed E-state index contributed by atoms with van der Waals surface area (Å²) in [4.78, 5) is 11.3. The number of benzene rings is 1. The third-order valence-corrected chi connectivity index (χ3v) is 4.46. The number of carboxylic acids is 1. The van der Waals surface area contributed by atoms with Crippen LogP contribution in [-0.4, -0.2) is 11.1 Å². The summed E-state index contributed by atoms with van der Waals surface area (Å²) in [6.45, 7) is 8.50. The quantitative estimate of drug-likeness (QED) is 0.782. The minimum Gasteiger partial charge on any atom is -0.481 e. The van der Waals surface area contributed by atoms with E-state index >= 15 is 0 Å². The highest BCUT2D eigenvalue weighted by atomic mass is 16.4. The summed E-state index contributed by atoms with van der Waals surface area (Å²) in [5.74, 6) is 0.228. The number of hydrogen-bond donors (Lipinski definition) is 1. The molecule has 106 valence electrons. The van der Waals surface area contributed by atoms with Gasteiger partial charge in [0.25, 0.3) is 0 Å². The molecule has 0 aliphatic rings. The third kappa shape index (κ3) is 4.38. The van der Waals surface area contributed by atoms with Gasteiger partial charge in [0.15, 0.2) is 0 Å². The molecule has 4 atom stereocenters. The average molecular weight is 262 g/mol. The highest BCUT2D eigenvalue weighted by Crippen LogP contribution is 2.34. The van der Waals surface area contributed by atoms with Crippen molar-refractivity contribution in [3.8, 4) is 0 Å². The van der Waals surface area contributed by atoms with Crippen molar-refractivity contribution >= 4 is 5.97 Å². The Kier molecular flexibility index (Phi) is 6.07. The highest BCUT2D eigenvalue weighted by molar-refractivity contribution is 5.70. The molecule has 0 fully saturated rings. The normalized spacial score (nSPS) is 17.5. The predicted octanol–water partition coefficient (Wildman–Crippen LogP) is 4.56. The largest absolute Gasteiger partial charge is 0.481 e. The Morgan fingerprint density at radius 1 is 1.11 bits per heavy atom. The molecule has 1 aromatic rings. The topological polar surface area (TPSA) is 37.3 Å². The van der Waals surface area contributed by atoms with Crippen LogP contribution in [-0.2, 0) is 4.79 Å². The zero-order valence-electron chi connectivity index (χ0n) is 12.5. The third-order valence-electron chi connectivity index (χ3n) is 4.46. The van der Waals surface area contributed by atoms with Gasteiger partial charge in [0.05, 0.1) is 5.92 Å². The zero-order chi connectivity index (χ0) is 14.4. The van der Waals surface area contributed by atoms with Crippen molar-refractivity contribution < 1.29 is 9.90 Å². The molecule has 1 N–H and O–H groups in total. The lowest BCUT2D eigenvalue weighted by atomic mass is 9.77. The minimum atomic E-state index is -0.704. The van der Waals surface area contributed by atoms with Gasteiger partial charge in [-0.2, -0.15) is 0 Å². The van der Waals surface area contributed by atoms with Gasteiger partial charge < -0.3 is 5.11 Å². The molecule has 2 heteroatoms. The van der Waals surface area contributed by atoms with Crippen LogP contribution in [0.25, 0.3) is 0 Å². The lowest BCUT2D eigenvalue weighted by Gasteiger charge is -2.27. The van der Waals surface area contributed by atoms with E-state index < -0.39 is 5.97 Å². The molecule has 0 spiro atoms. The van der Waals surface area contributed by atoms with E-state index in [1.807, 2.05) is 37.3 Å². The smallest absolute Gasteiger partial charge is 0.306 e. The van der Waals surface area contributed by atoms with Crippen LogP contribution in [0.1, 0.15) is 52.0 Å². The number of carbonyl (C=O) groups is 1. The maximum absolute atomic E-state index is 11.3. The van der Waals surface area contributed by atoms with Crippen LogP contribution in [0.4, 0.5) is 0 Å². The van der Waals surface area contributed by atoms with Crippen molar-refractivity contribution in [2.75, 3.05) is 0 Å². The minimum absolute atomic E-state index is 0.0997. The molecule has 0 aromatic heterocycles. The number of carboxylic acid groups (broad SMARTS) is 1. The summed E-state index contributed by atoms with van der Waals surface area (Å²) in [7, 11) is 0. The fraction of sp³-hybridized carbons (Fsp3) is 0.588. The van der Waals surface area contributed by atoms with E-state index in [-0.39, 0.29) is 11.8 Å². The fourth-order valence-corrected chi connectivity index (χ4v) is 2.54. The summed E-state index contributed by atoms with van der Waals surface area (Å²) >= 11 is 0. The Bertz CT molecular complexity index is 386. The molecule has 0 saturated carbocycles. The Morgan fingerprint density at radius 3 is 2.16 bits per heavy atom. The first-order valence-corrected chi connectivity index (χ1v) is 7.25. The van der Waals surface area contributed by atoms with Crippen molar-refractivity contribution in [2.24, 2.45) is 17.8 Å². The standard InChI is InChI=1S/C17H26O2/c1-5-12(2)13(3)11-16(14(4)17(18)19)15-9-7-6-8-10-15/h6-10,12-14,16H,5,11H2,1-4H3,(H,18,19). The summed E-state index contributed by atoms with van der Waals surface area (Å²) in [5, 5.41) is 9.32. The maximum atomic E-state index is 11.3. The van der Waals surface area contributed by atoms with E-state index in [9.17, 15) is 9.90 Å². The lowest BCUT2D eigenvalue weighted by molar-refractivity contribution is -0.142. The van der Waals surface area contributed by atoms with Gasteiger partial charge in [-0.05, 0) is 29.7 Å². The molecule has 0 bridgehead atoms. The molecule has 1 rings (SSSR count). The summed E-state index contributed by atoms with van der Waals surface area (Å²) in [6, 6.07) is 10.1. The Hall–Kier alpha value is -1.31. The lowest BCUT2D eigenvalue weighted by Crippen LogP contribution is -2.22. The maximum Gasteiger partial charge on any atom is 0.306 e. The van der Waals surface area contributed by atoms with Gasteiger partial charge >= 0.3 is 5.97 Å². The average Bonchev–Trinajstić information content (AvgIpc) is 2.43. The summed E-state index contributed by atoms with van der Waals surface area (Å²) < 4.78 is 0. The molecule has 4 unspecified atom stereocenters. The molecular formula is C17H26O2. The zero-order valence-corrected chi connectivity index (χ0v) is 12.5. The van der Waals surface area contributed by atoms with E-state index in [0.717, 1.165) is 18.4 Å². The molecule has 0 heterocycles. The van der Waals surface area contributed by atoms with E-state index in [0.29, 0.717) is 11.8 Å². The Morgan fingerprint density at radius 2 is 1.68 bits per heavy atom. The van der Waals surface area contributed by atoms with Crippen molar-refractivity contribution in [1.82, 2.24) is 0 Å². The van der Waals surface area contributed by atoms with Crippen molar-refractivity contribution in [1.29, 1.82) is 0 Å². The van der Waals surface area contributed by atoms with E-state index in [1.165, 1.54) is 0 Å². The molecular weight excluding hydrogens is 236 g/mol. The van der Waals surface area contributed by atoms with Crippen molar-refractivity contribution in [3.05, 3.63) is 35.9 Å². The summed E-state index contributed by atoms with van der Waals surface area (Å²) in [5.41, 5.74) is 1.15. The van der Waals surface area contributed by atoms with Gasteiger partial charge in [-0.3, -0.25) is 4.79 Å². The molecule has 19 heavy (non-hydrogen) atoms. The first-order valence-electron chi connectivity index (χ1n) is 7.25. The second kappa shape index (κ2) is 7.32. The van der Waals surface area contributed by atoms with Crippen LogP contribution in [0.5, 0.6) is 0 Å².